The molecule has 0 saturated carbocycles. The standard InChI is InChI=1S/C17H18F3NO/c1-17(2,3)22-14-7-5-4-6-11(14)10-21-13-9-8-12(18)15(19)16(13)20/h4-9,21H,10H2,1-3H3. The summed E-state index contributed by atoms with van der Waals surface area (Å²) in [5.74, 6) is -3.26. The van der Waals surface area contributed by atoms with Crippen LogP contribution in [0.1, 0.15) is 26.3 Å². The van der Waals surface area contributed by atoms with Crippen molar-refractivity contribution < 1.29 is 17.9 Å². The first-order valence-electron chi connectivity index (χ1n) is 6.92. The van der Waals surface area contributed by atoms with Crippen LogP contribution < -0.4 is 10.1 Å². The van der Waals surface area contributed by atoms with E-state index in [0.29, 0.717) is 5.75 Å². The first kappa shape index (κ1) is 16.2. The van der Waals surface area contributed by atoms with Crippen molar-refractivity contribution in [2.24, 2.45) is 0 Å². The lowest BCUT2D eigenvalue weighted by atomic mass is 10.1. The van der Waals surface area contributed by atoms with Gasteiger partial charge in [0.25, 0.3) is 0 Å². The van der Waals surface area contributed by atoms with Crippen LogP contribution in [0, 0.1) is 17.5 Å². The van der Waals surface area contributed by atoms with E-state index in [2.05, 4.69) is 5.32 Å². The molecule has 2 nitrogen and oxygen atoms in total. The van der Waals surface area contributed by atoms with Gasteiger partial charge in [-0.05, 0) is 39.0 Å². The lowest BCUT2D eigenvalue weighted by Crippen LogP contribution is -2.23. The quantitative estimate of drug-likeness (QED) is 0.812. The highest BCUT2D eigenvalue weighted by molar-refractivity contribution is 5.47. The van der Waals surface area contributed by atoms with Gasteiger partial charge in [0.05, 0.1) is 5.69 Å². The average Bonchev–Trinajstić information content (AvgIpc) is 2.44. The van der Waals surface area contributed by atoms with Gasteiger partial charge in [0.1, 0.15) is 11.4 Å². The summed E-state index contributed by atoms with van der Waals surface area (Å²) in [7, 11) is 0. The molecule has 0 heterocycles. The van der Waals surface area contributed by atoms with Crippen LogP contribution in [0.25, 0.3) is 0 Å². The highest BCUT2D eigenvalue weighted by Crippen LogP contribution is 2.25. The van der Waals surface area contributed by atoms with Crippen molar-refractivity contribution in [2.45, 2.75) is 32.9 Å². The molecule has 22 heavy (non-hydrogen) atoms. The number of anilines is 1. The highest BCUT2D eigenvalue weighted by Gasteiger charge is 2.16. The van der Waals surface area contributed by atoms with E-state index in [0.717, 1.165) is 11.6 Å². The number of ether oxygens (including phenoxy) is 1. The van der Waals surface area contributed by atoms with E-state index < -0.39 is 17.5 Å². The fourth-order valence-corrected chi connectivity index (χ4v) is 1.93. The molecule has 5 heteroatoms. The first-order valence-corrected chi connectivity index (χ1v) is 6.92. The zero-order valence-corrected chi connectivity index (χ0v) is 12.7. The van der Waals surface area contributed by atoms with Crippen LogP contribution in [-0.2, 0) is 6.54 Å². The van der Waals surface area contributed by atoms with E-state index in [4.69, 9.17) is 4.74 Å². The number of hydrogen-bond donors (Lipinski definition) is 1. The number of rotatable bonds is 4. The van der Waals surface area contributed by atoms with Crippen LogP contribution in [0.2, 0.25) is 0 Å². The number of nitrogens with one attached hydrogen (secondary N) is 1. The Hall–Kier alpha value is -2.17. The second kappa shape index (κ2) is 6.30. The largest absolute Gasteiger partial charge is 0.488 e. The van der Waals surface area contributed by atoms with Crippen LogP contribution in [0.5, 0.6) is 5.75 Å². The lowest BCUT2D eigenvalue weighted by molar-refractivity contribution is 0.129. The van der Waals surface area contributed by atoms with Crippen LogP contribution in [0.3, 0.4) is 0 Å². The average molecular weight is 309 g/mol. The summed E-state index contributed by atoms with van der Waals surface area (Å²) in [6.07, 6.45) is 0. The summed E-state index contributed by atoms with van der Waals surface area (Å²) in [6.45, 7) is 6.00. The van der Waals surface area contributed by atoms with Crippen molar-refractivity contribution in [1.82, 2.24) is 0 Å². The van der Waals surface area contributed by atoms with Gasteiger partial charge in [0.15, 0.2) is 17.5 Å². The van der Waals surface area contributed by atoms with E-state index in [-0.39, 0.29) is 17.8 Å². The summed E-state index contributed by atoms with van der Waals surface area (Å²) in [4.78, 5) is 0. The fraction of sp³-hybridized carbons (Fsp3) is 0.294. The maximum atomic E-state index is 13.6. The molecule has 2 aromatic rings. The number of halogens is 3. The normalized spacial score (nSPS) is 11.4. The third-order valence-corrected chi connectivity index (χ3v) is 2.89. The third kappa shape index (κ3) is 3.93. The molecule has 0 unspecified atom stereocenters. The van der Waals surface area contributed by atoms with Gasteiger partial charge in [0, 0.05) is 12.1 Å². The molecule has 2 rings (SSSR count). The minimum atomic E-state index is -1.48. The van der Waals surface area contributed by atoms with Crippen molar-refractivity contribution in [2.75, 3.05) is 5.32 Å². The predicted molar refractivity (Wildman–Crippen MR) is 80.5 cm³/mol. The minimum Gasteiger partial charge on any atom is -0.488 e. The van der Waals surface area contributed by atoms with Crippen molar-refractivity contribution in [1.29, 1.82) is 0 Å². The van der Waals surface area contributed by atoms with Crippen molar-refractivity contribution in [3.63, 3.8) is 0 Å². The SMILES string of the molecule is CC(C)(C)Oc1ccccc1CNc1ccc(F)c(F)c1F. The Morgan fingerprint density at radius 3 is 2.32 bits per heavy atom. The summed E-state index contributed by atoms with van der Waals surface area (Å²) in [5.41, 5.74) is 0.328. The van der Waals surface area contributed by atoms with Crippen LogP contribution >= 0.6 is 0 Å². The molecule has 2 aromatic carbocycles. The van der Waals surface area contributed by atoms with Crippen molar-refractivity contribution in [3.05, 3.63) is 59.4 Å². The van der Waals surface area contributed by atoms with E-state index >= 15 is 0 Å². The molecular formula is C17H18F3NO. The van der Waals surface area contributed by atoms with Gasteiger partial charge in [-0.15, -0.1) is 0 Å². The Labute approximate surface area is 127 Å². The Bertz CT molecular complexity index is 665. The summed E-state index contributed by atoms with van der Waals surface area (Å²) >= 11 is 0. The number of para-hydroxylation sites is 1. The first-order chi connectivity index (χ1) is 10.3. The Morgan fingerprint density at radius 1 is 0.955 bits per heavy atom. The molecule has 0 saturated heterocycles. The van der Waals surface area contributed by atoms with Gasteiger partial charge in [-0.3, -0.25) is 0 Å². The van der Waals surface area contributed by atoms with Crippen LogP contribution in [-0.4, -0.2) is 5.60 Å². The monoisotopic (exact) mass is 309 g/mol. The second-order valence-corrected chi connectivity index (χ2v) is 5.90. The van der Waals surface area contributed by atoms with Crippen LogP contribution in [0.4, 0.5) is 18.9 Å². The van der Waals surface area contributed by atoms with Gasteiger partial charge in [-0.2, -0.15) is 0 Å². The van der Waals surface area contributed by atoms with E-state index in [1.165, 1.54) is 6.07 Å². The third-order valence-electron chi connectivity index (χ3n) is 2.89. The lowest BCUT2D eigenvalue weighted by Gasteiger charge is -2.23. The van der Waals surface area contributed by atoms with E-state index in [1.807, 2.05) is 45.0 Å². The molecule has 0 radical (unpaired) electrons. The summed E-state index contributed by atoms with van der Waals surface area (Å²) in [5, 5.41) is 2.76. The topological polar surface area (TPSA) is 21.3 Å². The van der Waals surface area contributed by atoms with Gasteiger partial charge in [-0.1, -0.05) is 18.2 Å². The summed E-state index contributed by atoms with van der Waals surface area (Å²) < 4.78 is 45.6. The van der Waals surface area contributed by atoms with E-state index in [1.54, 1.807) is 0 Å². The molecule has 0 bridgehead atoms. The van der Waals surface area contributed by atoms with E-state index in [9.17, 15) is 13.2 Å². The van der Waals surface area contributed by atoms with Crippen molar-refractivity contribution in [3.8, 4) is 5.75 Å². The molecule has 0 aromatic heterocycles. The zero-order valence-electron chi connectivity index (χ0n) is 12.7. The summed E-state index contributed by atoms with van der Waals surface area (Å²) in [6, 6.07) is 9.35. The molecule has 0 spiro atoms. The predicted octanol–water partition coefficient (Wildman–Crippen LogP) is 4.89. The number of hydrogen-bond acceptors (Lipinski definition) is 2. The minimum absolute atomic E-state index is 0.0931. The molecule has 0 aliphatic carbocycles. The Morgan fingerprint density at radius 2 is 1.64 bits per heavy atom. The smallest absolute Gasteiger partial charge is 0.196 e. The molecule has 0 aliphatic rings. The van der Waals surface area contributed by atoms with Gasteiger partial charge in [0.2, 0.25) is 0 Å². The van der Waals surface area contributed by atoms with Gasteiger partial charge >= 0.3 is 0 Å². The molecule has 118 valence electrons. The molecule has 0 atom stereocenters. The maximum absolute atomic E-state index is 13.6. The van der Waals surface area contributed by atoms with Crippen molar-refractivity contribution >= 4 is 5.69 Å². The molecular weight excluding hydrogens is 291 g/mol. The molecule has 1 N–H and O–H groups in total. The molecule has 0 aliphatic heterocycles. The second-order valence-electron chi connectivity index (χ2n) is 5.90. The van der Waals surface area contributed by atoms with Gasteiger partial charge in [-0.25, -0.2) is 13.2 Å². The molecule has 0 amide bonds. The van der Waals surface area contributed by atoms with Crippen LogP contribution in [0.15, 0.2) is 36.4 Å². The fourth-order valence-electron chi connectivity index (χ4n) is 1.93. The highest BCUT2D eigenvalue weighted by atomic mass is 19.2. The Balaban J connectivity index is 2.17. The Kier molecular flexibility index (Phi) is 4.64. The molecule has 0 fully saturated rings. The van der Waals surface area contributed by atoms with Gasteiger partial charge < -0.3 is 10.1 Å². The number of benzene rings is 2. The zero-order chi connectivity index (χ0) is 16.3. The maximum Gasteiger partial charge on any atom is 0.196 e.